The average Bonchev–Trinajstić information content (AvgIpc) is 2.54. The van der Waals surface area contributed by atoms with E-state index in [1.165, 1.54) is 17.0 Å². The van der Waals surface area contributed by atoms with Crippen LogP contribution in [0.4, 0.5) is 8.78 Å². The van der Waals surface area contributed by atoms with Crippen LogP contribution in [0.2, 0.25) is 0 Å². The minimum atomic E-state index is -2.95. The Morgan fingerprint density at radius 2 is 1.92 bits per heavy atom. The zero-order chi connectivity index (χ0) is 18.0. The van der Waals surface area contributed by atoms with Gasteiger partial charge in [-0.25, -0.2) is 8.78 Å². The van der Waals surface area contributed by atoms with Gasteiger partial charge in [0, 0.05) is 32.5 Å². The number of hydrogen-bond donors (Lipinski definition) is 0. The molecule has 0 spiro atoms. The quantitative estimate of drug-likeness (QED) is 0.530. The lowest BCUT2D eigenvalue weighted by molar-refractivity contribution is -0.129. The Bertz CT molecular complexity index is 504. The third-order valence-corrected chi connectivity index (χ3v) is 3.90. The van der Waals surface area contributed by atoms with Gasteiger partial charge in [-0.05, 0) is 25.0 Å². The van der Waals surface area contributed by atoms with E-state index in [2.05, 4.69) is 6.92 Å². The monoisotopic (exact) mass is 341 g/mol. The van der Waals surface area contributed by atoms with Gasteiger partial charge in [-0.2, -0.15) is 0 Å². The van der Waals surface area contributed by atoms with Crippen LogP contribution in [-0.2, 0) is 10.7 Å². The summed E-state index contributed by atoms with van der Waals surface area (Å²) in [7, 11) is 3.25. The number of hydrogen-bond acceptors (Lipinski definition) is 2. The predicted molar refractivity (Wildman–Crippen MR) is 92.5 cm³/mol. The van der Waals surface area contributed by atoms with Gasteiger partial charge in [0.2, 0.25) is 5.91 Å². The minimum absolute atomic E-state index is 0.0501. The fourth-order valence-electron chi connectivity index (χ4n) is 2.36. The number of rotatable bonds is 11. The second kappa shape index (κ2) is 10.3. The fraction of sp³-hybridized carbons (Fsp3) is 0.632. The summed E-state index contributed by atoms with van der Waals surface area (Å²) in [6.45, 7) is 2.69. The maximum atomic E-state index is 14.3. The third kappa shape index (κ3) is 7.28. The summed E-state index contributed by atoms with van der Waals surface area (Å²) in [4.78, 5) is 12.9. The number of carbonyl (C=O) groups is 1. The van der Waals surface area contributed by atoms with Crippen molar-refractivity contribution < 1.29 is 18.3 Å². The van der Waals surface area contributed by atoms with Crippen LogP contribution >= 0.6 is 0 Å². The number of amides is 1. The molecule has 0 aliphatic heterocycles. The van der Waals surface area contributed by atoms with Crippen molar-refractivity contribution >= 4 is 5.91 Å². The van der Waals surface area contributed by atoms with E-state index in [4.69, 9.17) is 4.74 Å². The summed E-state index contributed by atoms with van der Waals surface area (Å²) >= 11 is 0. The van der Waals surface area contributed by atoms with Crippen molar-refractivity contribution in [2.45, 2.75) is 57.8 Å². The molecule has 0 aliphatic carbocycles. The van der Waals surface area contributed by atoms with E-state index in [1.54, 1.807) is 26.2 Å². The highest BCUT2D eigenvalue weighted by molar-refractivity contribution is 5.75. The topological polar surface area (TPSA) is 29.5 Å². The molecule has 0 heterocycles. The van der Waals surface area contributed by atoms with Crippen LogP contribution < -0.4 is 4.74 Å². The Morgan fingerprint density at radius 1 is 1.17 bits per heavy atom. The molecule has 5 heteroatoms. The van der Waals surface area contributed by atoms with Crippen molar-refractivity contribution in [2.75, 3.05) is 20.7 Å². The number of halogens is 2. The first-order valence-corrected chi connectivity index (χ1v) is 8.68. The smallest absolute Gasteiger partial charge is 0.273 e. The summed E-state index contributed by atoms with van der Waals surface area (Å²) < 4.78 is 34.2. The van der Waals surface area contributed by atoms with Gasteiger partial charge in [0.15, 0.2) is 0 Å². The number of nitrogens with zero attached hydrogens (tertiary/aromatic N) is 1. The van der Waals surface area contributed by atoms with Crippen LogP contribution in [0.15, 0.2) is 24.3 Å². The number of unbranched alkanes of at least 4 members (excludes halogenated alkanes) is 3. The highest BCUT2D eigenvalue weighted by atomic mass is 19.3. The van der Waals surface area contributed by atoms with E-state index in [-0.39, 0.29) is 30.7 Å². The molecule has 0 radical (unpaired) electrons. The van der Waals surface area contributed by atoms with Crippen molar-refractivity contribution in [3.8, 4) is 5.75 Å². The zero-order valence-corrected chi connectivity index (χ0v) is 15.0. The molecule has 0 saturated carbocycles. The normalized spacial score (nSPS) is 11.4. The molecule has 0 aliphatic rings. The fourth-order valence-corrected chi connectivity index (χ4v) is 2.36. The molecule has 0 unspecified atom stereocenters. The molecule has 136 valence electrons. The van der Waals surface area contributed by atoms with Gasteiger partial charge in [0.25, 0.3) is 5.92 Å². The molecule has 1 amide bonds. The van der Waals surface area contributed by atoms with Gasteiger partial charge in [-0.3, -0.25) is 4.79 Å². The first-order valence-electron chi connectivity index (χ1n) is 8.68. The summed E-state index contributed by atoms with van der Waals surface area (Å²) in [5, 5.41) is 0. The number of alkyl halides is 2. The van der Waals surface area contributed by atoms with Crippen LogP contribution in [-0.4, -0.2) is 31.5 Å². The maximum Gasteiger partial charge on any atom is 0.273 e. The molecule has 0 fully saturated rings. The van der Waals surface area contributed by atoms with Crippen molar-refractivity contribution in [3.63, 3.8) is 0 Å². The number of carbonyl (C=O) groups excluding carboxylic acids is 1. The molecule has 0 atom stereocenters. The highest BCUT2D eigenvalue weighted by Gasteiger charge is 2.31. The second-order valence-electron chi connectivity index (χ2n) is 6.28. The van der Waals surface area contributed by atoms with E-state index >= 15 is 0 Å². The summed E-state index contributed by atoms with van der Waals surface area (Å²) in [5.41, 5.74) is -0.0501. The standard InChI is InChI=1S/C19H29F2NO2/c1-4-5-6-7-14-24-17-11-8-10-16(15-17)19(20,21)13-9-12-18(23)22(2)3/h8,10-11,15H,4-7,9,12-14H2,1-3H3. The van der Waals surface area contributed by atoms with E-state index in [1.807, 2.05) is 0 Å². The molecule has 1 rings (SSSR count). The summed E-state index contributed by atoms with van der Waals surface area (Å²) in [5.74, 6) is -2.60. The lowest BCUT2D eigenvalue weighted by Crippen LogP contribution is -2.22. The van der Waals surface area contributed by atoms with Gasteiger partial charge >= 0.3 is 0 Å². The molecular weight excluding hydrogens is 312 g/mol. The lowest BCUT2D eigenvalue weighted by Gasteiger charge is -2.18. The van der Waals surface area contributed by atoms with Crippen molar-refractivity contribution in [1.82, 2.24) is 4.90 Å². The number of benzene rings is 1. The van der Waals surface area contributed by atoms with Crippen LogP contribution in [0.1, 0.15) is 57.4 Å². The lowest BCUT2D eigenvalue weighted by atomic mass is 10.0. The Balaban J connectivity index is 2.51. The Labute approximate surface area is 144 Å². The van der Waals surface area contributed by atoms with E-state index in [9.17, 15) is 13.6 Å². The maximum absolute atomic E-state index is 14.3. The molecule has 1 aromatic carbocycles. The van der Waals surface area contributed by atoms with Crippen molar-refractivity contribution in [1.29, 1.82) is 0 Å². The molecule has 0 N–H and O–H groups in total. The molecule has 0 saturated heterocycles. The van der Waals surface area contributed by atoms with Gasteiger partial charge in [-0.15, -0.1) is 0 Å². The predicted octanol–water partition coefficient (Wildman–Crippen LogP) is 5.00. The van der Waals surface area contributed by atoms with Crippen LogP contribution in [0.5, 0.6) is 5.75 Å². The van der Waals surface area contributed by atoms with Crippen LogP contribution in [0.25, 0.3) is 0 Å². The highest BCUT2D eigenvalue weighted by Crippen LogP contribution is 2.35. The van der Waals surface area contributed by atoms with Gasteiger partial charge in [0.1, 0.15) is 5.75 Å². The van der Waals surface area contributed by atoms with Gasteiger partial charge in [0.05, 0.1) is 6.61 Å². The zero-order valence-electron chi connectivity index (χ0n) is 15.0. The SMILES string of the molecule is CCCCCCOc1cccc(C(F)(F)CCCC(=O)N(C)C)c1. The van der Waals surface area contributed by atoms with E-state index in [0.29, 0.717) is 12.4 Å². The second-order valence-corrected chi connectivity index (χ2v) is 6.28. The minimum Gasteiger partial charge on any atom is -0.494 e. The molecule has 0 bridgehead atoms. The number of ether oxygens (including phenoxy) is 1. The van der Waals surface area contributed by atoms with Crippen molar-refractivity contribution in [2.24, 2.45) is 0 Å². The molecule has 24 heavy (non-hydrogen) atoms. The molecule has 1 aromatic rings. The van der Waals surface area contributed by atoms with Gasteiger partial charge < -0.3 is 9.64 Å². The summed E-state index contributed by atoms with van der Waals surface area (Å²) in [6.07, 6.45) is 4.29. The van der Waals surface area contributed by atoms with Crippen LogP contribution in [0, 0.1) is 0 Å². The van der Waals surface area contributed by atoms with Crippen molar-refractivity contribution in [3.05, 3.63) is 29.8 Å². The molecule has 0 aromatic heterocycles. The average molecular weight is 341 g/mol. The first kappa shape index (κ1) is 20.4. The van der Waals surface area contributed by atoms with E-state index in [0.717, 1.165) is 25.7 Å². The Morgan fingerprint density at radius 3 is 2.58 bits per heavy atom. The Hall–Kier alpha value is -1.65. The van der Waals surface area contributed by atoms with Gasteiger partial charge in [-0.1, -0.05) is 38.3 Å². The summed E-state index contributed by atoms with van der Waals surface area (Å²) in [6, 6.07) is 6.12. The first-order chi connectivity index (χ1) is 11.4. The molecular formula is C19H29F2NO2. The van der Waals surface area contributed by atoms with E-state index < -0.39 is 5.92 Å². The third-order valence-electron chi connectivity index (χ3n) is 3.90. The van der Waals surface area contributed by atoms with Crippen LogP contribution in [0.3, 0.4) is 0 Å². The Kier molecular flexibility index (Phi) is 8.72. The molecule has 3 nitrogen and oxygen atoms in total. The largest absolute Gasteiger partial charge is 0.494 e.